The summed E-state index contributed by atoms with van der Waals surface area (Å²) in [6, 6.07) is 9.08. The molecule has 2 rings (SSSR count). The zero-order chi connectivity index (χ0) is 18.6. The molecule has 0 bridgehead atoms. The fourth-order valence-electron chi connectivity index (χ4n) is 1.92. The van der Waals surface area contributed by atoms with Crippen molar-refractivity contribution in [3.63, 3.8) is 0 Å². The third kappa shape index (κ3) is 5.01. The van der Waals surface area contributed by atoms with Gasteiger partial charge in [0.1, 0.15) is 5.75 Å². The second-order valence-corrected chi connectivity index (χ2v) is 6.26. The standard InChI is InChI=1S/C17H14Cl3NO4/c1-9(25-17(23)10-3-5-12(19)13(20)7-10)16(22)21-14-8-11(18)4-6-15(14)24-2/h3-9H,1-2H3,(H,21,22). The normalized spacial score (nSPS) is 11.6. The molecule has 0 aliphatic carbocycles. The fourth-order valence-corrected chi connectivity index (χ4v) is 2.39. The van der Waals surface area contributed by atoms with Crippen LogP contribution in [0.25, 0.3) is 0 Å². The first-order valence-corrected chi connectivity index (χ1v) is 8.25. The molecule has 0 aromatic heterocycles. The van der Waals surface area contributed by atoms with Crippen LogP contribution < -0.4 is 10.1 Å². The number of carbonyl (C=O) groups is 2. The van der Waals surface area contributed by atoms with Gasteiger partial charge in [0.05, 0.1) is 28.4 Å². The Kier molecular flexibility index (Phi) is 6.53. The van der Waals surface area contributed by atoms with Crippen LogP contribution in [0.4, 0.5) is 5.69 Å². The van der Waals surface area contributed by atoms with Crippen LogP contribution in [0.5, 0.6) is 5.75 Å². The lowest BCUT2D eigenvalue weighted by Crippen LogP contribution is -2.30. The molecule has 0 spiro atoms. The molecule has 8 heteroatoms. The first-order chi connectivity index (χ1) is 11.8. The summed E-state index contributed by atoms with van der Waals surface area (Å²) in [6.45, 7) is 1.45. The van der Waals surface area contributed by atoms with Crippen LogP contribution in [0.1, 0.15) is 17.3 Å². The van der Waals surface area contributed by atoms with Gasteiger partial charge in [-0.3, -0.25) is 4.79 Å². The Hall–Kier alpha value is -1.95. The molecule has 1 atom stereocenters. The predicted molar refractivity (Wildman–Crippen MR) is 98.0 cm³/mol. The second kappa shape index (κ2) is 8.43. The Balaban J connectivity index is 2.06. The Bertz CT molecular complexity index is 810. The zero-order valence-corrected chi connectivity index (χ0v) is 15.6. The molecule has 1 unspecified atom stereocenters. The Morgan fingerprint density at radius 2 is 1.76 bits per heavy atom. The maximum atomic E-state index is 12.2. The van der Waals surface area contributed by atoms with Crippen molar-refractivity contribution in [3.8, 4) is 5.75 Å². The molecular formula is C17H14Cl3NO4. The fraction of sp³-hybridized carbons (Fsp3) is 0.176. The molecule has 0 radical (unpaired) electrons. The van der Waals surface area contributed by atoms with E-state index in [0.717, 1.165) is 0 Å². The summed E-state index contributed by atoms with van der Waals surface area (Å²) in [5.74, 6) is -0.797. The number of hydrogen-bond acceptors (Lipinski definition) is 4. The summed E-state index contributed by atoms with van der Waals surface area (Å²) in [7, 11) is 1.46. The van der Waals surface area contributed by atoms with E-state index in [0.29, 0.717) is 21.5 Å². The van der Waals surface area contributed by atoms with E-state index in [1.165, 1.54) is 38.3 Å². The summed E-state index contributed by atoms with van der Waals surface area (Å²) in [5.41, 5.74) is 0.562. The van der Waals surface area contributed by atoms with Crippen molar-refractivity contribution in [1.29, 1.82) is 0 Å². The molecule has 25 heavy (non-hydrogen) atoms. The minimum Gasteiger partial charge on any atom is -0.495 e. The first-order valence-electron chi connectivity index (χ1n) is 7.12. The molecule has 5 nitrogen and oxygen atoms in total. The van der Waals surface area contributed by atoms with Crippen LogP contribution in [0.2, 0.25) is 15.1 Å². The highest BCUT2D eigenvalue weighted by atomic mass is 35.5. The first kappa shape index (κ1) is 19.4. The van der Waals surface area contributed by atoms with Crippen molar-refractivity contribution in [2.45, 2.75) is 13.0 Å². The van der Waals surface area contributed by atoms with Gasteiger partial charge >= 0.3 is 5.97 Å². The van der Waals surface area contributed by atoms with Crippen LogP contribution in [-0.4, -0.2) is 25.1 Å². The van der Waals surface area contributed by atoms with Crippen molar-refractivity contribution in [2.24, 2.45) is 0 Å². The number of rotatable bonds is 5. The molecule has 1 N–H and O–H groups in total. The van der Waals surface area contributed by atoms with E-state index in [2.05, 4.69) is 5.32 Å². The molecule has 0 aliphatic rings. The molecule has 0 heterocycles. The third-order valence-electron chi connectivity index (χ3n) is 3.23. The van der Waals surface area contributed by atoms with E-state index in [4.69, 9.17) is 44.3 Å². The highest BCUT2D eigenvalue weighted by molar-refractivity contribution is 6.42. The second-order valence-electron chi connectivity index (χ2n) is 5.01. The number of carbonyl (C=O) groups excluding carboxylic acids is 2. The van der Waals surface area contributed by atoms with Gasteiger partial charge < -0.3 is 14.8 Å². The minimum atomic E-state index is -1.05. The maximum Gasteiger partial charge on any atom is 0.338 e. The van der Waals surface area contributed by atoms with Crippen molar-refractivity contribution in [1.82, 2.24) is 0 Å². The Labute approximate surface area is 159 Å². The van der Waals surface area contributed by atoms with Gasteiger partial charge in [-0.1, -0.05) is 34.8 Å². The third-order valence-corrected chi connectivity index (χ3v) is 4.20. The largest absolute Gasteiger partial charge is 0.495 e. The molecular weight excluding hydrogens is 389 g/mol. The average Bonchev–Trinajstić information content (AvgIpc) is 2.57. The van der Waals surface area contributed by atoms with Gasteiger partial charge in [0.2, 0.25) is 0 Å². The molecule has 0 saturated carbocycles. The van der Waals surface area contributed by atoms with E-state index in [9.17, 15) is 9.59 Å². The van der Waals surface area contributed by atoms with Gasteiger partial charge in [0.25, 0.3) is 5.91 Å². The molecule has 0 saturated heterocycles. The van der Waals surface area contributed by atoms with Crippen LogP contribution in [0.3, 0.4) is 0 Å². The van der Waals surface area contributed by atoms with Gasteiger partial charge in [0, 0.05) is 5.02 Å². The summed E-state index contributed by atoms with van der Waals surface area (Å²) in [5, 5.41) is 3.57. The SMILES string of the molecule is COc1ccc(Cl)cc1NC(=O)C(C)OC(=O)c1ccc(Cl)c(Cl)c1. The molecule has 0 fully saturated rings. The Morgan fingerprint density at radius 3 is 2.40 bits per heavy atom. The van der Waals surface area contributed by atoms with Crippen molar-refractivity contribution in [2.75, 3.05) is 12.4 Å². The van der Waals surface area contributed by atoms with Gasteiger partial charge in [0.15, 0.2) is 6.10 Å². The number of ether oxygens (including phenoxy) is 2. The molecule has 2 aromatic carbocycles. The molecule has 0 aliphatic heterocycles. The topological polar surface area (TPSA) is 64.6 Å². The van der Waals surface area contributed by atoms with Crippen LogP contribution >= 0.6 is 34.8 Å². The summed E-state index contributed by atoms with van der Waals surface area (Å²) < 4.78 is 10.3. The van der Waals surface area contributed by atoms with E-state index < -0.39 is 18.0 Å². The van der Waals surface area contributed by atoms with Gasteiger partial charge in [-0.05, 0) is 43.3 Å². The highest BCUT2D eigenvalue weighted by Crippen LogP contribution is 2.28. The minimum absolute atomic E-state index is 0.189. The lowest BCUT2D eigenvalue weighted by molar-refractivity contribution is -0.123. The van der Waals surface area contributed by atoms with Gasteiger partial charge in [-0.25, -0.2) is 4.79 Å². The predicted octanol–water partition coefficient (Wildman–Crippen LogP) is 4.84. The summed E-state index contributed by atoms with van der Waals surface area (Å²) in [6.07, 6.45) is -1.05. The van der Waals surface area contributed by atoms with Crippen LogP contribution in [0, 0.1) is 0 Å². The molecule has 1 amide bonds. The number of methoxy groups -OCH3 is 1. The van der Waals surface area contributed by atoms with Gasteiger partial charge in [-0.2, -0.15) is 0 Å². The Morgan fingerprint density at radius 1 is 1.04 bits per heavy atom. The van der Waals surface area contributed by atoms with Crippen molar-refractivity contribution in [3.05, 3.63) is 57.0 Å². The molecule has 2 aromatic rings. The quantitative estimate of drug-likeness (QED) is 0.727. The van der Waals surface area contributed by atoms with E-state index >= 15 is 0 Å². The van der Waals surface area contributed by atoms with Crippen LogP contribution in [-0.2, 0) is 9.53 Å². The average molecular weight is 403 g/mol. The van der Waals surface area contributed by atoms with E-state index in [1.807, 2.05) is 0 Å². The number of anilines is 1. The smallest absolute Gasteiger partial charge is 0.338 e. The summed E-state index contributed by atoms with van der Waals surface area (Å²) >= 11 is 17.6. The lowest BCUT2D eigenvalue weighted by Gasteiger charge is -2.15. The van der Waals surface area contributed by atoms with Crippen molar-refractivity contribution >= 4 is 52.4 Å². The summed E-state index contributed by atoms with van der Waals surface area (Å²) in [4.78, 5) is 24.3. The number of esters is 1. The number of nitrogens with one attached hydrogen (secondary N) is 1. The zero-order valence-electron chi connectivity index (χ0n) is 13.3. The number of amides is 1. The number of halogens is 3. The van der Waals surface area contributed by atoms with Crippen LogP contribution in [0.15, 0.2) is 36.4 Å². The van der Waals surface area contributed by atoms with Gasteiger partial charge in [-0.15, -0.1) is 0 Å². The van der Waals surface area contributed by atoms with E-state index in [1.54, 1.807) is 12.1 Å². The number of hydrogen-bond donors (Lipinski definition) is 1. The maximum absolute atomic E-state index is 12.2. The lowest BCUT2D eigenvalue weighted by atomic mass is 10.2. The number of benzene rings is 2. The molecule has 132 valence electrons. The monoisotopic (exact) mass is 401 g/mol. The van der Waals surface area contributed by atoms with Crippen molar-refractivity contribution < 1.29 is 19.1 Å². The highest BCUT2D eigenvalue weighted by Gasteiger charge is 2.20. The van der Waals surface area contributed by atoms with E-state index in [-0.39, 0.29) is 10.6 Å².